The topological polar surface area (TPSA) is 84.5 Å². The van der Waals surface area contributed by atoms with Gasteiger partial charge in [0, 0.05) is 0 Å². The maximum absolute atomic E-state index is 13.8. The Morgan fingerprint density at radius 1 is 1.17 bits per heavy atom. The molecule has 1 heterocycles. The van der Waals surface area contributed by atoms with Crippen molar-refractivity contribution in [1.29, 1.82) is 0 Å². The Morgan fingerprint density at radius 2 is 1.88 bits per heavy atom. The normalized spacial score (nSPS) is 20.5. The molecule has 2 aromatic carbocycles. The predicted octanol–water partition coefficient (Wildman–Crippen LogP) is 0.831. The molecule has 1 spiro atoms. The van der Waals surface area contributed by atoms with Crippen molar-refractivity contribution >= 4 is 18.2 Å². The van der Waals surface area contributed by atoms with Gasteiger partial charge in [0.2, 0.25) is 6.29 Å². The van der Waals surface area contributed by atoms with E-state index in [0.29, 0.717) is 11.1 Å². The van der Waals surface area contributed by atoms with Crippen LogP contribution < -0.4 is 15.4 Å². The number of hydrogen-bond acceptors (Lipinski definition) is 5. The van der Waals surface area contributed by atoms with Gasteiger partial charge in [-0.25, -0.2) is 9.18 Å². The van der Waals surface area contributed by atoms with Crippen molar-refractivity contribution in [2.24, 2.45) is 0 Å². The minimum Gasteiger partial charge on any atom is -0.421 e. The molecule has 1 fully saturated rings. The molecule has 0 saturated carbocycles. The van der Waals surface area contributed by atoms with Gasteiger partial charge < -0.3 is 10.1 Å². The molecule has 7 heteroatoms. The van der Waals surface area contributed by atoms with Crippen LogP contribution in [0.4, 0.5) is 4.39 Å². The molecule has 2 N–H and O–H groups in total. The molecule has 1 unspecified atom stereocenters. The van der Waals surface area contributed by atoms with Gasteiger partial charge in [-0.2, -0.15) is 0 Å². The number of ether oxygens (including phenoxy) is 1. The molecular formula is C17H11FN2O4. The van der Waals surface area contributed by atoms with Crippen LogP contribution in [0.3, 0.4) is 0 Å². The number of benzene rings is 2. The van der Waals surface area contributed by atoms with Crippen LogP contribution in [0, 0.1) is 5.82 Å². The lowest BCUT2D eigenvalue weighted by molar-refractivity contribution is -0.141. The molecule has 1 atom stereocenters. The SMILES string of the molecule is O=CC(=O)Oc1ccc2c(c1)C1(NCNC1=O)c1cc(F)ccc1-2. The van der Waals surface area contributed by atoms with E-state index in [-0.39, 0.29) is 24.6 Å². The fraction of sp³-hybridized carbons (Fsp3) is 0.118. The van der Waals surface area contributed by atoms with E-state index in [0.717, 1.165) is 11.1 Å². The highest BCUT2D eigenvalue weighted by atomic mass is 19.1. The molecule has 4 rings (SSSR count). The van der Waals surface area contributed by atoms with Crippen LogP contribution in [-0.4, -0.2) is 24.8 Å². The zero-order valence-electron chi connectivity index (χ0n) is 12.3. The summed E-state index contributed by atoms with van der Waals surface area (Å²) in [6.07, 6.45) is 0.0631. The molecule has 1 saturated heterocycles. The maximum Gasteiger partial charge on any atom is 0.376 e. The maximum atomic E-state index is 13.8. The third-order valence-corrected chi connectivity index (χ3v) is 4.33. The first-order valence-electron chi connectivity index (χ1n) is 7.21. The summed E-state index contributed by atoms with van der Waals surface area (Å²) in [5.74, 6) is -1.66. The van der Waals surface area contributed by atoms with Crippen LogP contribution in [-0.2, 0) is 19.9 Å². The van der Waals surface area contributed by atoms with E-state index in [4.69, 9.17) is 4.74 Å². The Morgan fingerprint density at radius 3 is 2.54 bits per heavy atom. The summed E-state index contributed by atoms with van der Waals surface area (Å²) in [7, 11) is 0. The first-order chi connectivity index (χ1) is 11.6. The van der Waals surface area contributed by atoms with Gasteiger partial charge in [0.1, 0.15) is 11.6 Å². The summed E-state index contributed by atoms with van der Waals surface area (Å²) in [5, 5.41) is 5.77. The summed E-state index contributed by atoms with van der Waals surface area (Å²) in [4.78, 5) is 34.2. The van der Waals surface area contributed by atoms with E-state index >= 15 is 0 Å². The second-order valence-electron chi connectivity index (χ2n) is 5.55. The number of hydrogen-bond donors (Lipinski definition) is 2. The van der Waals surface area contributed by atoms with E-state index < -0.39 is 17.3 Å². The van der Waals surface area contributed by atoms with Crippen LogP contribution in [0.1, 0.15) is 11.1 Å². The third kappa shape index (κ3) is 1.82. The Bertz CT molecular complexity index is 911. The molecular weight excluding hydrogens is 315 g/mol. The van der Waals surface area contributed by atoms with E-state index in [9.17, 15) is 18.8 Å². The minimum absolute atomic E-state index is 0.0631. The summed E-state index contributed by atoms with van der Waals surface area (Å²) < 4.78 is 18.7. The minimum atomic E-state index is -1.24. The molecule has 120 valence electrons. The summed E-state index contributed by atoms with van der Waals surface area (Å²) in [5.41, 5.74) is 1.28. The first-order valence-corrected chi connectivity index (χ1v) is 7.21. The number of carbonyl (C=O) groups excluding carboxylic acids is 3. The highest BCUT2D eigenvalue weighted by Crippen LogP contribution is 2.49. The number of nitrogens with one attached hydrogen (secondary N) is 2. The molecule has 1 aliphatic heterocycles. The Kier molecular flexibility index (Phi) is 3.01. The van der Waals surface area contributed by atoms with E-state index in [2.05, 4.69) is 10.6 Å². The highest BCUT2D eigenvalue weighted by Gasteiger charge is 2.52. The highest BCUT2D eigenvalue weighted by molar-refractivity contribution is 6.21. The monoisotopic (exact) mass is 326 g/mol. The van der Waals surface area contributed by atoms with Gasteiger partial charge in [-0.15, -0.1) is 0 Å². The fourth-order valence-electron chi connectivity index (χ4n) is 3.38. The summed E-state index contributed by atoms with van der Waals surface area (Å²) >= 11 is 0. The van der Waals surface area contributed by atoms with Crippen LogP contribution >= 0.6 is 0 Å². The average molecular weight is 326 g/mol. The Labute approximate surface area is 135 Å². The number of rotatable bonds is 2. The lowest BCUT2D eigenvalue weighted by atomic mass is 9.87. The van der Waals surface area contributed by atoms with E-state index in [1.54, 1.807) is 12.1 Å². The molecule has 24 heavy (non-hydrogen) atoms. The largest absolute Gasteiger partial charge is 0.421 e. The van der Waals surface area contributed by atoms with Crippen molar-refractivity contribution in [2.45, 2.75) is 5.54 Å². The molecule has 1 amide bonds. The molecule has 0 radical (unpaired) electrons. The number of carbonyl (C=O) groups is 3. The van der Waals surface area contributed by atoms with Gasteiger partial charge in [0.15, 0.2) is 5.54 Å². The number of amides is 1. The van der Waals surface area contributed by atoms with Crippen molar-refractivity contribution in [1.82, 2.24) is 10.6 Å². The zero-order chi connectivity index (χ0) is 16.9. The van der Waals surface area contributed by atoms with Crippen LogP contribution in [0.2, 0.25) is 0 Å². The van der Waals surface area contributed by atoms with E-state index in [1.807, 2.05) is 0 Å². The molecule has 2 aromatic rings. The van der Waals surface area contributed by atoms with Gasteiger partial charge in [0.05, 0.1) is 6.67 Å². The van der Waals surface area contributed by atoms with Crippen molar-refractivity contribution in [3.63, 3.8) is 0 Å². The van der Waals surface area contributed by atoms with Crippen molar-refractivity contribution in [3.05, 3.63) is 53.3 Å². The third-order valence-electron chi connectivity index (χ3n) is 4.33. The molecule has 6 nitrogen and oxygen atoms in total. The van der Waals surface area contributed by atoms with Gasteiger partial charge >= 0.3 is 5.97 Å². The van der Waals surface area contributed by atoms with Gasteiger partial charge in [-0.05, 0) is 46.5 Å². The standard InChI is InChI=1S/C17H11FN2O4/c18-9-1-3-11-12-4-2-10(24-15(22)7-21)6-14(12)17(13(11)5-9)16(23)19-8-20-17/h1-7,20H,8H2,(H,19,23). The summed E-state index contributed by atoms with van der Waals surface area (Å²) in [6, 6.07) is 9.00. The lowest BCUT2D eigenvalue weighted by Crippen LogP contribution is -2.42. The predicted molar refractivity (Wildman–Crippen MR) is 80.5 cm³/mol. The quantitative estimate of drug-likeness (QED) is 0.370. The second kappa shape index (κ2) is 4.97. The number of aldehydes is 1. The molecule has 0 bridgehead atoms. The number of esters is 1. The smallest absolute Gasteiger partial charge is 0.376 e. The molecule has 1 aliphatic carbocycles. The van der Waals surface area contributed by atoms with Gasteiger partial charge in [0.25, 0.3) is 5.91 Å². The van der Waals surface area contributed by atoms with E-state index in [1.165, 1.54) is 24.3 Å². The molecule has 2 aliphatic rings. The molecule has 0 aromatic heterocycles. The first kappa shape index (κ1) is 14.5. The van der Waals surface area contributed by atoms with Crippen molar-refractivity contribution in [3.8, 4) is 16.9 Å². The van der Waals surface area contributed by atoms with Crippen LogP contribution in [0.25, 0.3) is 11.1 Å². The zero-order valence-corrected chi connectivity index (χ0v) is 12.3. The lowest BCUT2D eigenvalue weighted by Gasteiger charge is -2.24. The number of fused-ring (bicyclic) bond motifs is 5. The number of halogens is 1. The van der Waals surface area contributed by atoms with Crippen molar-refractivity contribution in [2.75, 3.05) is 6.67 Å². The summed E-state index contributed by atoms with van der Waals surface area (Å²) in [6.45, 7) is 0.229. The van der Waals surface area contributed by atoms with Gasteiger partial charge in [-0.3, -0.25) is 14.9 Å². The fourth-order valence-corrected chi connectivity index (χ4v) is 3.38. The average Bonchev–Trinajstić information content (AvgIpc) is 3.08. The second-order valence-corrected chi connectivity index (χ2v) is 5.55. The Balaban J connectivity index is 1.94. The van der Waals surface area contributed by atoms with Crippen LogP contribution in [0.15, 0.2) is 36.4 Å². The van der Waals surface area contributed by atoms with Crippen LogP contribution in [0.5, 0.6) is 5.75 Å². The van der Waals surface area contributed by atoms with Crippen molar-refractivity contribution < 1.29 is 23.5 Å². The Hall–Kier alpha value is -3.06. The van der Waals surface area contributed by atoms with Gasteiger partial charge in [-0.1, -0.05) is 12.1 Å².